The molecule has 10 heteroatoms. The molecule has 0 amide bonds. The normalized spacial score (nSPS) is 16.9. The number of hydrogen-bond acceptors (Lipinski definition) is 7. The minimum atomic E-state index is -1.02. The van der Waals surface area contributed by atoms with Crippen LogP contribution in [0.15, 0.2) is 30.5 Å². The van der Waals surface area contributed by atoms with Crippen molar-refractivity contribution in [3.8, 4) is 11.4 Å². The number of carboxylic acid groups (broad SMARTS) is 1. The molecule has 0 radical (unpaired) electrons. The molecule has 1 fully saturated rings. The summed E-state index contributed by atoms with van der Waals surface area (Å²) in [5, 5.41) is 17.3. The summed E-state index contributed by atoms with van der Waals surface area (Å²) < 4.78 is 1.63. The van der Waals surface area contributed by atoms with Crippen LogP contribution in [-0.2, 0) is 18.9 Å². The summed E-state index contributed by atoms with van der Waals surface area (Å²) in [6.07, 6.45) is 2.49. The molecular weight excluding hydrogens is 457 g/mol. The molecule has 34 heavy (non-hydrogen) atoms. The van der Waals surface area contributed by atoms with Crippen LogP contribution in [0.3, 0.4) is 0 Å². The van der Waals surface area contributed by atoms with Crippen molar-refractivity contribution in [2.75, 3.05) is 43.4 Å². The quantitative estimate of drug-likeness (QED) is 0.497. The van der Waals surface area contributed by atoms with Gasteiger partial charge in [0, 0.05) is 56.4 Å². The third-order valence-corrected chi connectivity index (χ3v) is 6.64. The number of rotatable bonds is 4. The Labute approximate surface area is 243 Å². The van der Waals surface area contributed by atoms with Crippen molar-refractivity contribution in [1.29, 1.82) is 0 Å². The largest absolute Gasteiger partial charge is 1.00 e. The van der Waals surface area contributed by atoms with E-state index in [0.29, 0.717) is 12.4 Å². The number of hydrogen-bond donors (Lipinski definition) is 2. The summed E-state index contributed by atoms with van der Waals surface area (Å²) >= 11 is 0. The molecule has 1 saturated heterocycles. The molecule has 1 aromatic carbocycles. The maximum Gasteiger partial charge on any atom is 1.00 e. The van der Waals surface area contributed by atoms with Crippen LogP contribution in [0.25, 0.3) is 11.4 Å². The Balaban J connectivity index is 0.00000171. The van der Waals surface area contributed by atoms with Gasteiger partial charge in [0.2, 0.25) is 5.95 Å². The van der Waals surface area contributed by atoms with Crippen molar-refractivity contribution >= 4 is 23.3 Å². The molecule has 0 spiro atoms. The van der Waals surface area contributed by atoms with Crippen molar-refractivity contribution in [2.45, 2.75) is 25.7 Å². The first-order valence-electron chi connectivity index (χ1n) is 11.2. The van der Waals surface area contributed by atoms with Gasteiger partial charge in [-0.2, -0.15) is 5.10 Å². The van der Waals surface area contributed by atoms with Crippen LogP contribution in [0.2, 0.25) is 0 Å². The summed E-state index contributed by atoms with van der Waals surface area (Å²) in [4.78, 5) is 25.9. The molecule has 3 aromatic rings. The molecule has 5 rings (SSSR count). The molecule has 0 atom stereocenters. The minimum Gasteiger partial charge on any atom is -1.00 e. The average Bonchev–Trinajstić information content (AvgIpc) is 3.14. The van der Waals surface area contributed by atoms with Gasteiger partial charge in [-0.25, -0.2) is 14.8 Å². The predicted octanol–water partition coefficient (Wildman–Crippen LogP) is 0.0209. The van der Waals surface area contributed by atoms with Crippen molar-refractivity contribution in [3.05, 3.63) is 47.3 Å². The number of anilines is 3. The SMILES string of the molecule is CN1CCN(c2ccc(Nc3ncc4c(n3)-c3c(c(C(=O)O)nn3C)C(C)(C)C4)cc2)CC1.[H-].[K+]. The van der Waals surface area contributed by atoms with E-state index in [0.717, 1.165) is 54.4 Å². The molecule has 2 aromatic heterocycles. The predicted molar refractivity (Wildman–Crippen MR) is 128 cm³/mol. The molecule has 0 saturated carbocycles. The van der Waals surface area contributed by atoms with Crippen LogP contribution in [0, 0.1) is 0 Å². The fraction of sp³-hybridized carbons (Fsp3) is 0.417. The van der Waals surface area contributed by atoms with Gasteiger partial charge in [0.15, 0.2) is 5.69 Å². The third kappa shape index (κ3) is 4.67. The number of fused-ring (bicyclic) bond motifs is 3. The standard InChI is InChI=1S/C24H29N7O2.K.H/c1-24(2)13-15-14-25-23(27-19(15)21-18(24)20(22(32)33)28-30(21)4)26-16-5-7-17(8-6-16)31-11-9-29(3)10-12-31;;/h5-8,14H,9-13H2,1-4H3,(H,32,33)(H,25,26,27);;/q;+1;-1. The van der Waals surface area contributed by atoms with Gasteiger partial charge in [-0.15, -0.1) is 0 Å². The number of aryl methyl sites for hydroxylation is 1. The first-order chi connectivity index (χ1) is 15.7. The molecule has 1 aliphatic heterocycles. The average molecular weight is 488 g/mol. The Kier molecular flexibility index (Phi) is 7.19. The van der Waals surface area contributed by atoms with E-state index in [-0.39, 0.29) is 63.9 Å². The zero-order valence-electron chi connectivity index (χ0n) is 21.5. The zero-order valence-corrected chi connectivity index (χ0v) is 23.6. The summed E-state index contributed by atoms with van der Waals surface area (Å²) in [5.74, 6) is -0.541. The monoisotopic (exact) mass is 487 g/mol. The molecule has 9 nitrogen and oxygen atoms in total. The second-order valence-corrected chi connectivity index (χ2v) is 9.59. The van der Waals surface area contributed by atoms with Crippen LogP contribution >= 0.6 is 0 Å². The molecule has 0 unspecified atom stereocenters. The number of nitrogens with one attached hydrogen (secondary N) is 1. The van der Waals surface area contributed by atoms with Crippen LogP contribution in [0.1, 0.15) is 36.9 Å². The Hall–Kier alpha value is -1.82. The number of aromatic carboxylic acids is 1. The van der Waals surface area contributed by atoms with Crippen molar-refractivity contribution in [3.63, 3.8) is 0 Å². The maximum atomic E-state index is 11.8. The topological polar surface area (TPSA) is 99.4 Å². The fourth-order valence-electron chi connectivity index (χ4n) is 4.90. The Morgan fingerprint density at radius 1 is 1.12 bits per heavy atom. The van der Waals surface area contributed by atoms with Crippen molar-refractivity contribution < 1.29 is 62.7 Å². The number of carbonyl (C=O) groups is 1. The van der Waals surface area contributed by atoms with Gasteiger partial charge in [-0.05, 0) is 48.7 Å². The van der Waals surface area contributed by atoms with E-state index in [1.54, 1.807) is 11.7 Å². The van der Waals surface area contributed by atoms with Gasteiger partial charge in [-0.3, -0.25) is 4.68 Å². The molecule has 174 valence electrons. The number of aromatic nitrogens is 4. The Bertz CT molecular complexity index is 1220. The fourth-order valence-corrected chi connectivity index (χ4v) is 4.90. The first kappa shape index (κ1) is 25.3. The van der Waals surface area contributed by atoms with Crippen molar-refractivity contribution in [1.82, 2.24) is 24.6 Å². The van der Waals surface area contributed by atoms with Crippen LogP contribution < -0.4 is 61.6 Å². The number of carboxylic acids is 1. The minimum absolute atomic E-state index is 0. The van der Waals surface area contributed by atoms with Gasteiger partial charge >= 0.3 is 57.4 Å². The third-order valence-electron chi connectivity index (χ3n) is 6.64. The summed E-state index contributed by atoms with van der Waals surface area (Å²) in [6.45, 7) is 8.27. The van der Waals surface area contributed by atoms with E-state index in [9.17, 15) is 9.90 Å². The smallest absolute Gasteiger partial charge is 1.00 e. The molecule has 2 aliphatic rings. The number of nitrogens with zero attached hydrogens (tertiary/aromatic N) is 6. The Morgan fingerprint density at radius 2 is 1.79 bits per heavy atom. The maximum absolute atomic E-state index is 11.8. The van der Waals surface area contributed by atoms with Crippen molar-refractivity contribution in [2.24, 2.45) is 7.05 Å². The second-order valence-electron chi connectivity index (χ2n) is 9.59. The molecule has 0 bridgehead atoms. The van der Waals surface area contributed by atoms with E-state index in [4.69, 9.17) is 4.98 Å². The number of piperazine rings is 1. The van der Waals surface area contributed by atoms with Gasteiger partial charge in [0.1, 0.15) is 0 Å². The zero-order chi connectivity index (χ0) is 23.3. The molecule has 2 N–H and O–H groups in total. The van der Waals surface area contributed by atoms with Gasteiger partial charge in [0.25, 0.3) is 0 Å². The van der Waals surface area contributed by atoms with Crippen LogP contribution in [0.4, 0.5) is 17.3 Å². The van der Waals surface area contributed by atoms with Gasteiger partial charge < -0.3 is 21.6 Å². The van der Waals surface area contributed by atoms with E-state index in [2.05, 4.69) is 44.4 Å². The van der Waals surface area contributed by atoms with Gasteiger partial charge in [0.05, 0.1) is 11.4 Å². The van der Waals surface area contributed by atoms with E-state index >= 15 is 0 Å². The first-order valence-corrected chi connectivity index (χ1v) is 11.2. The number of benzene rings is 1. The second kappa shape index (κ2) is 9.67. The van der Waals surface area contributed by atoms with Crippen LogP contribution in [-0.4, -0.2) is 69.0 Å². The Morgan fingerprint density at radius 3 is 2.44 bits per heavy atom. The molecular formula is C24H30KN7O2. The molecule has 1 aliphatic carbocycles. The summed E-state index contributed by atoms with van der Waals surface area (Å²) in [6, 6.07) is 8.31. The van der Waals surface area contributed by atoms with Crippen LogP contribution in [0.5, 0.6) is 0 Å². The van der Waals surface area contributed by atoms with Gasteiger partial charge in [-0.1, -0.05) is 13.8 Å². The summed E-state index contributed by atoms with van der Waals surface area (Å²) in [5.41, 5.74) is 5.03. The summed E-state index contributed by atoms with van der Waals surface area (Å²) in [7, 11) is 3.92. The van der Waals surface area contributed by atoms with E-state index in [1.807, 2.05) is 32.2 Å². The molecule has 3 heterocycles. The van der Waals surface area contributed by atoms with E-state index < -0.39 is 5.97 Å². The van der Waals surface area contributed by atoms with E-state index in [1.165, 1.54) is 5.69 Å². The number of likely N-dealkylation sites (N-methyl/N-ethyl adjacent to an activating group) is 1.